The number of hydrogen-bond acceptors (Lipinski definition) is 4. The van der Waals surface area contributed by atoms with Crippen LogP contribution in [0.25, 0.3) is 10.8 Å². The fourth-order valence-corrected chi connectivity index (χ4v) is 2.76. The molecule has 0 saturated carbocycles. The molecule has 0 aliphatic heterocycles. The maximum Gasteiger partial charge on any atom is 0.205 e. The summed E-state index contributed by atoms with van der Waals surface area (Å²) in [5.41, 5.74) is 2.14. The summed E-state index contributed by atoms with van der Waals surface area (Å²) in [7, 11) is 1.78. The third-order valence-electron chi connectivity index (χ3n) is 3.03. The van der Waals surface area contributed by atoms with Gasteiger partial charge in [0.1, 0.15) is 0 Å². The van der Waals surface area contributed by atoms with Gasteiger partial charge in [0.2, 0.25) is 4.80 Å². The van der Waals surface area contributed by atoms with E-state index in [1.54, 1.807) is 24.6 Å². The molecule has 0 saturated heterocycles. The lowest BCUT2D eigenvalue weighted by molar-refractivity contribution is 0.805. The van der Waals surface area contributed by atoms with E-state index in [1.807, 2.05) is 41.5 Å². The Morgan fingerprint density at radius 2 is 2.15 bits per heavy atom. The highest BCUT2D eigenvalue weighted by molar-refractivity contribution is 7.07. The zero-order chi connectivity index (χ0) is 13.9. The fraction of sp³-hybridized carbons (Fsp3) is 0.133. The molecule has 0 atom stereocenters. The lowest BCUT2D eigenvalue weighted by atomic mass is 10.1. The Kier molecular flexibility index (Phi) is 3.43. The molecule has 3 rings (SSSR count). The van der Waals surface area contributed by atoms with Crippen molar-refractivity contribution in [2.75, 3.05) is 7.05 Å². The monoisotopic (exact) mass is 282 g/mol. The van der Waals surface area contributed by atoms with Gasteiger partial charge >= 0.3 is 0 Å². The lowest BCUT2D eigenvalue weighted by Crippen LogP contribution is -2.11. The predicted molar refractivity (Wildman–Crippen MR) is 83.3 cm³/mol. The molecule has 2 heterocycles. The average molecular weight is 282 g/mol. The minimum absolute atomic E-state index is 0.892. The quantitative estimate of drug-likeness (QED) is 0.666. The van der Waals surface area contributed by atoms with Gasteiger partial charge in [0.05, 0.1) is 11.9 Å². The number of fused-ring (bicyclic) bond motifs is 1. The molecule has 1 aromatic carbocycles. The Morgan fingerprint density at radius 1 is 1.25 bits per heavy atom. The van der Waals surface area contributed by atoms with Gasteiger partial charge < -0.3 is 0 Å². The van der Waals surface area contributed by atoms with Gasteiger partial charge in [0.25, 0.3) is 0 Å². The van der Waals surface area contributed by atoms with Gasteiger partial charge in [-0.3, -0.25) is 9.98 Å². The Balaban J connectivity index is 2.00. The molecule has 0 bridgehead atoms. The third kappa shape index (κ3) is 2.40. The smallest absolute Gasteiger partial charge is 0.205 e. The first-order valence-electron chi connectivity index (χ1n) is 6.26. The van der Waals surface area contributed by atoms with Crippen LogP contribution >= 0.6 is 11.3 Å². The van der Waals surface area contributed by atoms with E-state index in [9.17, 15) is 0 Å². The van der Waals surface area contributed by atoms with Crippen LogP contribution in [0, 0.1) is 6.92 Å². The molecule has 0 aliphatic carbocycles. The maximum absolute atomic E-state index is 4.51. The molecule has 2 aromatic heterocycles. The van der Waals surface area contributed by atoms with Gasteiger partial charge in [-0.05, 0) is 30.0 Å². The number of hydrogen-bond donors (Lipinski definition) is 0. The summed E-state index contributed by atoms with van der Waals surface area (Å²) in [6, 6.07) is 8.20. The van der Waals surface area contributed by atoms with Crippen LogP contribution in [0.5, 0.6) is 0 Å². The largest absolute Gasteiger partial charge is 0.264 e. The Morgan fingerprint density at radius 3 is 3.00 bits per heavy atom. The summed E-state index contributed by atoms with van der Waals surface area (Å²) in [5, 5.41) is 8.85. The van der Waals surface area contributed by atoms with Crippen molar-refractivity contribution in [2.24, 2.45) is 10.1 Å². The zero-order valence-electron chi connectivity index (χ0n) is 11.3. The topological polar surface area (TPSA) is 42.5 Å². The van der Waals surface area contributed by atoms with Crippen molar-refractivity contribution >= 4 is 28.3 Å². The first kappa shape index (κ1) is 12.7. The molecule has 0 spiro atoms. The van der Waals surface area contributed by atoms with Crippen LogP contribution in [0.3, 0.4) is 0 Å². The average Bonchev–Trinajstić information content (AvgIpc) is 2.85. The standard InChI is InChI=1S/C15H14N4S/c1-11-10-20-15(16-2)19(11)18-8-12-3-4-14-9-17-6-5-13(14)7-12/h3-10H,1-2H3/b16-15?,18-8+. The van der Waals surface area contributed by atoms with Crippen LogP contribution in [0.4, 0.5) is 0 Å². The number of benzene rings is 1. The van der Waals surface area contributed by atoms with Crippen molar-refractivity contribution in [3.05, 3.63) is 58.1 Å². The van der Waals surface area contributed by atoms with E-state index in [0.717, 1.165) is 26.8 Å². The molecule has 0 aliphatic rings. The van der Waals surface area contributed by atoms with E-state index in [2.05, 4.69) is 27.2 Å². The number of thiazole rings is 1. The van der Waals surface area contributed by atoms with Crippen molar-refractivity contribution in [1.82, 2.24) is 9.66 Å². The number of pyridine rings is 1. The molecule has 100 valence electrons. The predicted octanol–water partition coefficient (Wildman–Crippen LogP) is 2.82. The maximum atomic E-state index is 4.51. The van der Waals surface area contributed by atoms with Crippen molar-refractivity contribution in [3.8, 4) is 0 Å². The Hall–Kier alpha value is -2.27. The molecule has 0 fully saturated rings. The van der Waals surface area contributed by atoms with Crippen molar-refractivity contribution in [3.63, 3.8) is 0 Å². The number of nitrogens with zero attached hydrogens (tertiary/aromatic N) is 4. The SMILES string of the molecule is CN=c1scc(C)n1/N=C/c1ccc2cnccc2c1. The van der Waals surface area contributed by atoms with E-state index >= 15 is 0 Å². The highest BCUT2D eigenvalue weighted by Gasteiger charge is 1.98. The molecular formula is C15H14N4S. The van der Waals surface area contributed by atoms with Crippen molar-refractivity contribution in [1.29, 1.82) is 0 Å². The van der Waals surface area contributed by atoms with E-state index < -0.39 is 0 Å². The molecule has 0 N–H and O–H groups in total. The van der Waals surface area contributed by atoms with Crippen LogP contribution in [-0.4, -0.2) is 22.9 Å². The normalized spacial score (nSPS) is 12.6. The molecule has 5 heteroatoms. The second kappa shape index (κ2) is 5.38. The number of rotatable bonds is 2. The molecular weight excluding hydrogens is 268 g/mol. The molecule has 0 unspecified atom stereocenters. The minimum Gasteiger partial charge on any atom is -0.264 e. The summed E-state index contributed by atoms with van der Waals surface area (Å²) in [5.74, 6) is 0. The van der Waals surface area contributed by atoms with Crippen molar-refractivity contribution < 1.29 is 0 Å². The van der Waals surface area contributed by atoms with Gasteiger partial charge in [-0.2, -0.15) is 5.10 Å². The first-order valence-corrected chi connectivity index (χ1v) is 7.14. The Bertz CT molecular complexity index is 842. The summed E-state index contributed by atoms with van der Waals surface area (Å²) in [6.45, 7) is 2.02. The summed E-state index contributed by atoms with van der Waals surface area (Å²) in [4.78, 5) is 9.22. The highest BCUT2D eigenvalue weighted by atomic mass is 32.1. The van der Waals surface area contributed by atoms with Gasteiger partial charge in [-0.1, -0.05) is 12.1 Å². The second-order valence-electron chi connectivity index (χ2n) is 4.42. The van der Waals surface area contributed by atoms with E-state index in [-0.39, 0.29) is 0 Å². The van der Waals surface area contributed by atoms with Gasteiger partial charge in [-0.25, -0.2) is 4.68 Å². The molecule has 20 heavy (non-hydrogen) atoms. The fourth-order valence-electron chi connectivity index (χ4n) is 1.98. The molecule has 0 amide bonds. The Labute approximate surface area is 120 Å². The number of aromatic nitrogens is 2. The van der Waals surface area contributed by atoms with Crippen LogP contribution in [0.2, 0.25) is 0 Å². The van der Waals surface area contributed by atoms with Gasteiger partial charge in [-0.15, -0.1) is 11.3 Å². The van der Waals surface area contributed by atoms with Crippen LogP contribution in [0.15, 0.2) is 52.1 Å². The second-order valence-corrected chi connectivity index (χ2v) is 5.26. The molecule has 3 aromatic rings. The van der Waals surface area contributed by atoms with E-state index in [1.165, 1.54) is 0 Å². The van der Waals surface area contributed by atoms with Crippen LogP contribution in [-0.2, 0) is 0 Å². The van der Waals surface area contributed by atoms with E-state index in [4.69, 9.17) is 0 Å². The number of aryl methyl sites for hydroxylation is 1. The summed E-state index contributed by atoms with van der Waals surface area (Å²) < 4.78 is 1.85. The van der Waals surface area contributed by atoms with Gasteiger partial charge in [0, 0.05) is 30.2 Å². The van der Waals surface area contributed by atoms with E-state index in [0.29, 0.717) is 0 Å². The highest BCUT2D eigenvalue weighted by Crippen LogP contribution is 2.13. The zero-order valence-corrected chi connectivity index (χ0v) is 12.1. The lowest BCUT2D eigenvalue weighted by Gasteiger charge is -1.99. The third-order valence-corrected chi connectivity index (χ3v) is 4.05. The van der Waals surface area contributed by atoms with Crippen molar-refractivity contribution in [2.45, 2.75) is 6.92 Å². The summed E-state index contributed by atoms with van der Waals surface area (Å²) in [6.07, 6.45) is 5.52. The minimum atomic E-state index is 0.892. The summed E-state index contributed by atoms with van der Waals surface area (Å²) >= 11 is 1.59. The molecule has 4 nitrogen and oxygen atoms in total. The van der Waals surface area contributed by atoms with Gasteiger partial charge in [0.15, 0.2) is 0 Å². The van der Waals surface area contributed by atoms with Crippen LogP contribution in [0.1, 0.15) is 11.3 Å². The molecule has 0 radical (unpaired) electrons. The first-order chi connectivity index (χ1) is 9.78. The van der Waals surface area contributed by atoms with Crippen LogP contribution < -0.4 is 4.80 Å².